The highest BCUT2D eigenvalue weighted by Crippen LogP contribution is 2.24. The molecule has 1 heterocycles. The number of nitrogens with one attached hydrogen (secondary N) is 1. The lowest BCUT2D eigenvalue weighted by Gasteiger charge is -2.29. The number of sulfonamides is 1. The highest BCUT2D eigenvalue weighted by atomic mass is 32.2. The molecule has 3 rings (SSSR count). The van der Waals surface area contributed by atoms with E-state index < -0.39 is 16.0 Å². The van der Waals surface area contributed by atoms with Crippen molar-refractivity contribution in [1.29, 1.82) is 0 Å². The van der Waals surface area contributed by atoms with Crippen LogP contribution in [0.15, 0.2) is 59.5 Å². The molecule has 0 saturated carbocycles. The van der Waals surface area contributed by atoms with Gasteiger partial charge in [-0.2, -0.15) is 4.31 Å². The number of ether oxygens (including phenoxy) is 1. The van der Waals surface area contributed by atoms with Crippen molar-refractivity contribution in [3.05, 3.63) is 60.2 Å². The summed E-state index contributed by atoms with van der Waals surface area (Å²) in [6, 6.07) is 16.1. The van der Waals surface area contributed by atoms with E-state index in [1.54, 1.807) is 12.1 Å². The lowest BCUT2D eigenvalue weighted by molar-refractivity contribution is -0.144. The molecule has 0 bridgehead atoms. The fraction of sp³-hybridized carbons (Fsp3) is 0.440. The maximum Gasteiger partial charge on any atom is 0.306 e. The first-order valence-electron chi connectivity index (χ1n) is 11.4. The number of nitrogens with zero attached hydrogens (tertiary/aromatic N) is 1. The summed E-state index contributed by atoms with van der Waals surface area (Å²) in [6.07, 6.45) is 3.29. The van der Waals surface area contributed by atoms with E-state index in [1.807, 2.05) is 30.3 Å². The van der Waals surface area contributed by atoms with Gasteiger partial charge in [0.1, 0.15) is 0 Å². The SMILES string of the molecule is CC1CCN(S(=O)(=O)c2ccc(NC(=O)CCC(=O)OCCCc3ccccc3)cc2)CC1. The van der Waals surface area contributed by atoms with E-state index in [-0.39, 0.29) is 23.6 Å². The molecule has 0 aliphatic carbocycles. The van der Waals surface area contributed by atoms with Crippen molar-refractivity contribution in [2.75, 3.05) is 25.0 Å². The van der Waals surface area contributed by atoms with Crippen LogP contribution in [0, 0.1) is 5.92 Å². The van der Waals surface area contributed by atoms with Gasteiger partial charge in [-0.15, -0.1) is 0 Å². The first-order valence-corrected chi connectivity index (χ1v) is 12.9. The molecule has 1 amide bonds. The number of hydrogen-bond donors (Lipinski definition) is 1. The van der Waals surface area contributed by atoms with Crippen molar-refractivity contribution in [1.82, 2.24) is 4.31 Å². The van der Waals surface area contributed by atoms with Gasteiger partial charge in [0.25, 0.3) is 0 Å². The highest BCUT2D eigenvalue weighted by Gasteiger charge is 2.27. The van der Waals surface area contributed by atoms with Gasteiger partial charge in [0, 0.05) is 25.2 Å². The molecule has 8 heteroatoms. The second-order valence-electron chi connectivity index (χ2n) is 8.47. The van der Waals surface area contributed by atoms with Gasteiger partial charge < -0.3 is 10.1 Å². The molecule has 2 aromatic carbocycles. The lowest BCUT2D eigenvalue weighted by atomic mass is 10.0. The number of carbonyl (C=O) groups is 2. The van der Waals surface area contributed by atoms with Crippen molar-refractivity contribution in [2.45, 2.75) is 50.3 Å². The highest BCUT2D eigenvalue weighted by molar-refractivity contribution is 7.89. The fourth-order valence-electron chi connectivity index (χ4n) is 3.70. The van der Waals surface area contributed by atoms with Gasteiger partial charge >= 0.3 is 5.97 Å². The number of hydrogen-bond acceptors (Lipinski definition) is 5. The largest absolute Gasteiger partial charge is 0.466 e. The van der Waals surface area contributed by atoms with Crippen LogP contribution in [0.3, 0.4) is 0 Å². The van der Waals surface area contributed by atoms with Crippen molar-refractivity contribution in [3.63, 3.8) is 0 Å². The average molecular weight is 473 g/mol. The molecule has 1 aliphatic rings. The number of rotatable bonds is 10. The van der Waals surface area contributed by atoms with E-state index in [2.05, 4.69) is 12.2 Å². The van der Waals surface area contributed by atoms with Crippen molar-refractivity contribution >= 4 is 27.6 Å². The summed E-state index contributed by atoms with van der Waals surface area (Å²) < 4.78 is 32.3. The third kappa shape index (κ3) is 7.68. The minimum atomic E-state index is -3.52. The Bertz CT molecular complexity index is 1010. The third-order valence-corrected chi connectivity index (χ3v) is 7.70. The first kappa shape index (κ1) is 24.9. The van der Waals surface area contributed by atoms with Crippen molar-refractivity contribution in [2.24, 2.45) is 5.92 Å². The number of amides is 1. The van der Waals surface area contributed by atoms with Crippen LogP contribution in [0.5, 0.6) is 0 Å². The standard InChI is InChI=1S/C25H32N2O5S/c1-20-15-17-27(18-16-20)33(30,31)23-11-9-22(10-12-23)26-24(28)13-14-25(29)32-19-5-8-21-6-3-2-4-7-21/h2-4,6-7,9-12,20H,5,8,13-19H2,1H3,(H,26,28). The number of carbonyl (C=O) groups excluding carboxylic acids is 2. The quantitative estimate of drug-likeness (QED) is 0.417. The summed E-state index contributed by atoms with van der Waals surface area (Å²) in [5, 5.41) is 2.69. The van der Waals surface area contributed by atoms with Gasteiger partial charge in [-0.25, -0.2) is 8.42 Å². The Labute approximate surface area is 196 Å². The maximum atomic E-state index is 12.8. The zero-order chi connectivity index (χ0) is 23.7. The lowest BCUT2D eigenvalue weighted by Crippen LogP contribution is -2.37. The van der Waals surface area contributed by atoms with Crippen LogP contribution in [0.25, 0.3) is 0 Å². The normalized spacial score (nSPS) is 15.2. The van der Waals surface area contributed by atoms with Crippen molar-refractivity contribution in [3.8, 4) is 0 Å². The van der Waals surface area contributed by atoms with Crippen LogP contribution in [0.4, 0.5) is 5.69 Å². The Morgan fingerprint density at radius 3 is 2.33 bits per heavy atom. The minimum absolute atomic E-state index is 0.00296. The van der Waals surface area contributed by atoms with Gasteiger partial charge in [-0.05, 0) is 61.4 Å². The Kier molecular flexibility index (Phi) is 9.03. The second-order valence-corrected chi connectivity index (χ2v) is 10.4. The van der Waals surface area contributed by atoms with Crippen LogP contribution < -0.4 is 5.32 Å². The molecular weight excluding hydrogens is 440 g/mol. The van der Waals surface area contributed by atoms with Crippen LogP contribution in [-0.4, -0.2) is 44.3 Å². The van der Waals surface area contributed by atoms with Gasteiger partial charge in [0.15, 0.2) is 0 Å². The number of piperidine rings is 1. The first-order chi connectivity index (χ1) is 15.8. The predicted octanol–water partition coefficient (Wildman–Crippen LogP) is 4.00. The van der Waals surface area contributed by atoms with E-state index in [1.165, 1.54) is 22.0 Å². The smallest absolute Gasteiger partial charge is 0.306 e. The third-order valence-electron chi connectivity index (χ3n) is 5.79. The molecule has 0 unspecified atom stereocenters. The molecule has 0 atom stereocenters. The molecule has 0 radical (unpaired) electrons. The summed E-state index contributed by atoms with van der Waals surface area (Å²) in [7, 11) is -3.52. The van der Waals surface area contributed by atoms with Crippen LogP contribution in [0.1, 0.15) is 44.6 Å². The molecule has 1 N–H and O–H groups in total. The summed E-state index contributed by atoms with van der Waals surface area (Å²) in [4.78, 5) is 24.2. The van der Waals surface area contributed by atoms with Crippen LogP contribution in [-0.2, 0) is 30.8 Å². The Morgan fingerprint density at radius 2 is 1.67 bits per heavy atom. The molecule has 0 spiro atoms. The number of anilines is 1. The Morgan fingerprint density at radius 1 is 1.00 bits per heavy atom. The molecule has 178 valence electrons. The van der Waals surface area contributed by atoms with Gasteiger partial charge in [0.05, 0.1) is 17.9 Å². The maximum absolute atomic E-state index is 12.8. The van der Waals surface area contributed by atoms with Crippen LogP contribution in [0.2, 0.25) is 0 Å². The van der Waals surface area contributed by atoms with E-state index in [0.717, 1.165) is 25.7 Å². The van der Waals surface area contributed by atoms with Gasteiger partial charge in [0.2, 0.25) is 15.9 Å². The van der Waals surface area contributed by atoms with E-state index in [0.29, 0.717) is 31.3 Å². The minimum Gasteiger partial charge on any atom is -0.466 e. The molecule has 2 aromatic rings. The second kappa shape index (κ2) is 12.0. The van der Waals surface area contributed by atoms with E-state index in [4.69, 9.17) is 4.74 Å². The molecule has 7 nitrogen and oxygen atoms in total. The van der Waals surface area contributed by atoms with E-state index >= 15 is 0 Å². The topological polar surface area (TPSA) is 92.8 Å². The molecular formula is C25H32N2O5S. The Hall–Kier alpha value is -2.71. The van der Waals surface area contributed by atoms with Gasteiger partial charge in [-0.3, -0.25) is 9.59 Å². The molecule has 1 saturated heterocycles. The zero-order valence-corrected chi connectivity index (χ0v) is 19.9. The zero-order valence-electron chi connectivity index (χ0n) is 19.0. The van der Waals surface area contributed by atoms with Gasteiger partial charge in [-0.1, -0.05) is 37.3 Å². The summed E-state index contributed by atoms with van der Waals surface area (Å²) in [6.45, 7) is 3.52. The van der Waals surface area contributed by atoms with Crippen LogP contribution >= 0.6 is 0 Å². The van der Waals surface area contributed by atoms with Crippen molar-refractivity contribution < 1.29 is 22.7 Å². The monoisotopic (exact) mass is 472 g/mol. The summed E-state index contributed by atoms with van der Waals surface area (Å²) >= 11 is 0. The predicted molar refractivity (Wildman–Crippen MR) is 127 cm³/mol. The summed E-state index contributed by atoms with van der Waals surface area (Å²) in [5.74, 6) is -0.187. The molecule has 1 fully saturated rings. The Balaban J connectivity index is 1.38. The average Bonchev–Trinajstić information content (AvgIpc) is 2.82. The fourth-order valence-corrected chi connectivity index (χ4v) is 5.17. The van der Waals surface area contributed by atoms with E-state index in [9.17, 15) is 18.0 Å². The number of benzene rings is 2. The molecule has 0 aromatic heterocycles. The summed E-state index contributed by atoms with van der Waals surface area (Å²) in [5.41, 5.74) is 1.68. The number of esters is 1. The molecule has 33 heavy (non-hydrogen) atoms. The molecule has 1 aliphatic heterocycles. The number of aryl methyl sites for hydroxylation is 1.